The lowest BCUT2D eigenvalue weighted by Gasteiger charge is -2.19. The van der Waals surface area contributed by atoms with E-state index in [0.29, 0.717) is 16.7 Å². The quantitative estimate of drug-likeness (QED) is 0.384. The summed E-state index contributed by atoms with van der Waals surface area (Å²) in [4.78, 5) is 15.0. The highest BCUT2D eigenvalue weighted by molar-refractivity contribution is 7.99. The van der Waals surface area contributed by atoms with Crippen LogP contribution in [0.4, 0.5) is 11.4 Å². The number of non-ortho nitro benzene ring substituents is 1. The van der Waals surface area contributed by atoms with Gasteiger partial charge in [0.25, 0.3) is 5.69 Å². The number of rotatable bonds is 5. The molecule has 8 nitrogen and oxygen atoms in total. The van der Waals surface area contributed by atoms with Crippen LogP contribution in [0.2, 0.25) is 0 Å². The standard InChI is InChI=1S/C19H17N5O3S/c1-2-11-28-19-21-18-16(22-23-19)14-5-3-4-6-15(14)20-17(27-18)12-7-9-13(10-8-12)24(25)26/h3-10,17,20H,2,11H2,1H3. The highest BCUT2D eigenvalue weighted by Gasteiger charge is 2.26. The number of nitro benzene ring substituents is 1. The van der Waals surface area contributed by atoms with Gasteiger partial charge in [0.15, 0.2) is 11.9 Å². The van der Waals surface area contributed by atoms with Gasteiger partial charge in [-0.05, 0) is 24.6 Å². The van der Waals surface area contributed by atoms with E-state index in [4.69, 9.17) is 4.74 Å². The Morgan fingerprint density at radius 1 is 1.18 bits per heavy atom. The molecule has 1 aromatic heterocycles. The Hall–Kier alpha value is -3.20. The van der Waals surface area contributed by atoms with Gasteiger partial charge in [-0.25, -0.2) is 0 Å². The van der Waals surface area contributed by atoms with Gasteiger partial charge in [-0.15, -0.1) is 10.2 Å². The van der Waals surface area contributed by atoms with Crippen LogP contribution in [0.15, 0.2) is 53.7 Å². The minimum atomic E-state index is -0.566. The SMILES string of the molecule is CCCSc1nnc2c(n1)OC(c1ccc([N+](=O)[O-])cc1)Nc1ccccc1-2. The lowest BCUT2D eigenvalue weighted by molar-refractivity contribution is -0.384. The number of hydrogen-bond acceptors (Lipinski definition) is 8. The second-order valence-electron chi connectivity index (χ2n) is 6.13. The first-order valence-corrected chi connectivity index (χ1v) is 9.78. The van der Waals surface area contributed by atoms with E-state index in [2.05, 4.69) is 27.4 Å². The molecule has 0 radical (unpaired) electrons. The van der Waals surface area contributed by atoms with E-state index < -0.39 is 11.2 Å². The Bertz CT molecular complexity index is 1010. The number of para-hydroxylation sites is 1. The molecule has 0 aliphatic carbocycles. The van der Waals surface area contributed by atoms with Gasteiger partial charge in [-0.1, -0.05) is 36.9 Å². The van der Waals surface area contributed by atoms with Crippen molar-refractivity contribution in [3.8, 4) is 17.1 Å². The summed E-state index contributed by atoms with van der Waals surface area (Å²) in [6.07, 6.45) is 0.436. The number of nitro groups is 1. The van der Waals surface area contributed by atoms with Gasteiger partial charge >= 0.3 is 0 Å². The predicted octanol–water partition coefficient (Wildman–Crippen LogP) is 4.45. The molecular formula is C19H17N5O3S. The van der Waals surface area contributed by atoms with Gasteiger partial charge in [0.2, 0.25) is 11.0 Å². The van der Waals surface area contributed by atoms with Gasteiger partial charge in [0, 0.05) is 34.7 Å². The first-order valence-electron chi connectivity index (χ1n) is 8.80. The molecule has 0 spiro atoms. The normalized spacial score (nSPS) is 14.8. The summed E-state index contributed by atoms with van der Waals surface area (Å²) in [5, 5.41) is 23.4. The smallest absolute Gasteiger partial charge is 0.269 e. The van der Waals surface area contributed by atoms with Gasteiger partial charge in [-0.2, -0.15) is 4.98 Å². The fraction of sp³-hybridized carbons (Fsp3) is 0.211. The summed E-state index contributed by atoms with van der Waals surface area (Å²) >= 11 is 1.52. The molecule has 1 aliphatic rings. The van der Waals surface area contributed by atoms with E-state index >= 15 is 0 Å². The molecule has 1 atom stereocenters. The van der Waals surface area contributed by atoms with E-state index in [0.717, 1.165) is 29.0 Å². The first kappa shape index (κ1) is 18.2. The van der Waals surface area contributed by atoms with Crippen LogP contribution in [0.3, 0.4) is 0 Å². The van der Waals surface area contributed by atoms with Gasteiger partial charge in [-0.3, -0.25) is 10.1 Å². The third-order valence-electron chi connectivity index (χ3n) is 4.18. The van der Waals surface area contributed by atoms with Crippen LogP contribution >= 0.6 is 11.8 Å². The molecular weight excluding hydrogens is 378 g/mol. The highest BCUT2D eigenvalue weighted by atomic mass is 32.2. The maximum absolute atomic E-state index is 10.9. The van der Waals surface area contributed by atoms with Crippen molar-refractivity contribution in [3.63, 3.8) is 0 Å². The molecule has 0 bridgehead atoms. The predicted molar refractivity (Wildman–Crippen MR) is 106 cm³/mol. The second kappa shape index (κ2) is 7.81. The molecule has 1 unspecified atom stereocenters. The average molecular weight is 395 g/mol. The van der Waals surface area contributed by atoms with Crippen molar-refractivity contribution in [2.75, 3.05) is 11.1 Å². The van der Waals surface area contributed by atoms with Crippen molar-refractivity contribution in [2.24, 2.45) is 0 Å². The Kier molecular flexibility index (Phi) is 5.07. The van der Waals surface area contributed by atoms with Crippen LogP contribution in [-0.2, 0) is 0 Å². The zero-order valence-electron chi connectivity index (χ0n) is 15.0. The van der Waals surface area contributed by atoms with E-state index in [-0.39, 0.29) is 5.69 Å². The van der Waals surface area contributed by atoms with E-state index in [1.165, 1.54) is 23.9 Å². The van der Waals surface area contributed by atoms with Crippen molar-refractivity contribution < 1.29 is 9.66 Å². The van der Waals surface area contributed by atoms with E-state index in [9.17, 15) is 10.1 Å². The summed E-state index contributed by atoms with van der Waals surface area (Å²) in [5.41, 5.74) is 3.01. The van der Waals surface area contributed by atoms with Crippen LogP contribution in [0, 0.1) is 10.1 Å². The zero-order chi connectivity index (χ0) is 19.5. The molecule has 142 valence electrons. The third-order valence-corrected chi connectivity index (χ3v) is 5.22. The number of benzene rings is 2. The van der Waals surface area contributed by atoms with E-state index in [1.54, 1.807) is 12.1 Å². The van der Waals surface area contributed by atoms with Crippen molar-refractivity contribution in [3.05, 3.63) is 64.2 Å². The summed E-state index contributed by atoms with van der Waals surface area (Å²) < 4.78 is 6.14. The number of nitrogens with zero attached hydrogens (tertiary/aromatic N) is 4. The summed E-state index contributed by atoms with van der Waals surface area (Å²) in [5.74, 6) is 1.27. The largest absolute Gasteiger partial charge is 0.448 e. The number of hydrogen-bond donors (Lipinski definition) is 1. The van der Waals surface area contributed by atoms with Crippen molar-refractivity contribution in [1.82, 2.24) is 15.2 Å². The molecule has 28 heavy (non-hydrogen) atoms. The molecule has 1 aliphatic heterocycles. The molecule has 3 aromatic rings. The number of thioether (sulfide) groups is 1. The Morgan fingerprint density at radius 2 is 1.96 bits per heavy atom. The number of ether oxygens (including phenoxy) is 1. The van der Waals surface area contributed by atoms with Crippen LogP contribution in [-0.4, -0.2) is 25.9 Å². The number of aromatic nitrogens is 3. The molecule has 0 amide bonds. The minimum Gasteiger partial charge on any atom is -0.448 e. The molecule has 4 rings (SSSR count). The van der Waals surface area contributed by atoms with Gasteiger partial charge in [0.1, 0.15) is 0 Å². The third kappa shape index (κ3) is 3.61. The maximum atomic E-state index is 10.9. The molecule has 2 heterocycles. The van der Waals surface area contributed by atoms with Crippen LogP contribution < -0.4 is 10.1 Å². The fourth-order valence-corrected chi connectivity index (χ4v) is 3.46. The van der Waals surface area contributed by atoms with Gasteiger partial charge in [0.05, 0.1) is 4.92 Å². The summed E-state index contributed by atoms with van der Waals surface area (Å²) in [6.45, 7) is 2.09. The summed E-state index contributed by atoms with van der Waals surface area (Å²) in [6, 6.07) is 13.9. The lowest BCUT2D eigenvalue weighted by atomic mass is 10.1. The average Bonchev–Trinajstić information content (AvgIpc) is 2.88. The molecule has 0 saturated carbocycles. The Labute approximate surface area is 165 Å². The van der Waals surface area contributed by atoms with Crippen molar-refractivity contribution in [2.45, 2.75) is 24.7 Å². The first-order chi connectivity index (χ1) is 13.7. The van der Waals surface area contributed by atoms with Crippen LogP contribution in [0.25, 0.3) is 11.3 Å². The Morgan fingerprint density at radius 3 is 2.71 bits per heavy atom. The highest BCUT2D eigenvalue weighted by Crippen LogP contribution is 2.39. The van der Waals surface area contributed by atoms with E-state index in [1.807, 2.05) is 24.3 Å². The number of nitrogens with one attached hydrogen (secondary N) is 1. The van der Waals surface area contributed by atoms with Gasteiger partial charge < -0.3 is 10.1 Å². The fourth-order valence-electron chi connectivity index (χ4n) is 2.82. The molecule has 0 saturated heterocycles. The van der Waals surface area contributed by atoms with Crippen molar-refractivity contribution >= 4 is 23.1 Å². The minimum absolute atomic E-state index is 0.0282. The Balaban J connectivity index is 1.75. The topological polar surface area (TPSA) is 103 Å². The zero-order valence-corrected chi connectivity index (χ0v) is 15.8. The summed E-state index contributed by atoms with van der Waals surface area (Å²) in [7, 11) is 0. The van der Waals surface area contributed by atoms with Crippen LogP contribution in [0.5, 0.6) is 5.88 Å². The van der Waals surface area contributed by atoms with Crippen molar-refractivity contribution in [1.29, 1.82) is 0 Å². The lowest BCUT2D eigenvalue weighted by Crippen LogP contribution is -2.17. The number of fused-ring (bicyclic) bond motifs is 3. The van der Waals surface area contributed by atoms with Crippen LogP contribution in [0.1, 0.15) is 25.1 Å². The molecule has 9 heteroatoms. The monoisotopic (exact) mass is 395 g/mol. The molecule has 0 fully saturated rings. The molecule has 2 aromatic carbocycles. The molecule has 1 N–H and O–H groups in total. The maximum Gasteiger partial charge on any atom is 0.269 e. The number of anilines is 1. The second-order valence-corrected chi connectivity index (χ2v) is 7.20.